The molecule has 3 heterocycles. The Kier molecular flexibility index (Phi) is 5.72. The van der Waals surface area contributed by atoms with E-state index in [1.807, 2.05) is 4.57 Å². The minimum absolute atomic E-state index is 0.0186. The number of imidazole rings is 1. The van der Waals surface area contributed by atoms with Crippen molar-refractivity contribution in [3.63, 3.8) is 0 Å². The number of nitrogens with zero attached hydrogens (tertiary/aromatic N) is 6. The smallest absolute Gasteiger partial charge is 0.333 e. The largest absolute Gasteiger partial charge is 0.341 e. The molecule has 0 amide bonds. The summed E-state index contributed by atoms with van der Waals surface area (Å²) in [6.07, 6.45) is 3.62. The van der Waals surface area contributed by atoms with E-state index >= 15 is 0 Å². The quantitative estimate of drug-likeness (QED) is 0.582. The van der Waals surface area contributed by atoms with Gasteiger partial charge in [-0.25, -0.2) is 4.79 Å². The molecule has 0 unspecified atom stereocenters. The van der Waals surface area contributed by atoms with Gasteiger partial charge in [0.1, 0.15) is 0 Å². The average Bonchev–Trinajstić information content (AvgIpc) is 3.60. The van der Waals surface area contributed by atoms with Crippen LogP contribution >= 0.6 is 0 Å². The molecule has 2 aliphatic rings. The van der Waals surface area contributed by atoms with Crippen LogP contribution in [0.2, 0.25) is 0 Å². The third kappa shape index (κ3) is 3.78. The first-order chi connectivity index (χ1) is 16.5. The standard InChI is InChI=1S/C25H27N7O2/c1-2-3-13-30-21-22(28-24(30)29-12-6-9-19(27)16-29)32(20-10-11-20)25(34)31(23(21)33)15-18-8-5-4-7-17(18)14-26/h4-5,7-8,19-20H,6,9-13,15-16,27H2,1H3/t19-/m1/s1. The van der Waals surface area contributed by atoms with E-state index < -0.39 is 5.56 Å². The van der Waals surface area contributed by atoms with Crippen LogP contribution in [0.25, 0.3) is 11.2 Å². The molecule has 2 aromatic heterocycles. The van der Waals surface area contributed by atoms with Crippen molar-refractivity contribution in [3.8, 4) is 17.9 Å². The summed E-state index contributed by atoms with van der Waals surface area (Å²) in [6.45, 7) is 3.50. The van der Waals surface area contributed by atoms with Gasteiger partial charge in [0.05, 0.1) is 24.7 Å². The summed E-state index contributed by atoms with van der Waals surface area (Å²) >= 11 is 0. The summed E-state index contributed by atoms with van der Waals surface area (Å²) in [5.74, 6) is 6.60. The average molecular weight is 458 g/mol. The highest BCUT2D eigenvalue weighted by molar-refractivity contribution is 5.75. The lowest BCUT2D eigenvalue weighted by molar-refractivity contribution is 0.496. The second kappa shape index (κ2) is 8.85. The summed E-state index contributed by atoms with van der Waals surface area (Å²) in [7, 11) is 0. The second-order valence-electron chi connectivity index (χ2n) is 8.99. The molecule has 1 aliphatic heterocycles. The fraction of sp³-hybridized carbons (Fsp3) is 0.440. The van der Waals surface area contributed by atoms with Crippen molar-refractivity contribution in [2.75, 3.05) is 18.0 Å². The van der Waals surface area contributed by atoms with Crippen molar-refractivity contribution in [2.45, 2.75) is 57.8 Å². The summed E-state index contributed by atoms with van der Waals surface area (Å²) < 4.78 is 4.73. The molecule has 1 aromatic carbocycles. The molecular formula is C25H27N7O2. The van der Waals surface area contributed by atoms with Gasteiger partial charge in [-0.1, -0.05) is 24.1 Å². The number of hydrogen-bond acceptors (Lipinski definition) is 6. The van der Waals surface area contributed by atoms with E-state index in [9.17, 15) is 14.9 Å². The lowest BCUT2D eigenvalue weighted by Gasteiger charge is -2.31. The van der Waals surface area contributed by atoms with Gasteiger partial charge in [-0.2, -0.15) is 10.2 Å². The highest BCUT2D eigenvalue weighted by Crippen LogP contribution is 2.36. The van der Waals surface area contributed by atoms with Gasteiger partial charge >= 0.3 is 5.69 Å². The zero-order valence-electron chi connectivity index (χ0n) is 19.2. The van der Waals surface area contributed by atoms with Gasteiger partial charge in [0, 0.05) is 25.2 Å². The molecule has 0 bridgehead atoms. The number of aromatic nitrogens is 4. The molecule has 1 aliphatic carbocycles. The highest BCUT2D eigenvalue weighted by atomic mass is 16.2. The molecule has 9 heteroatoms. The van der Waals surface area contributed by atoms with Crippen LogP contribution in [0.15, 0.2) is 33.9 Å². The summed E-state index contributed by atoms with van der Waals surface area (Å²) in [5.41, 5.74) is 7.29. The minimum Gasteiger partial charge on any atom is -0.341 e. The summed E-state index contributed by atoms with van der Waals surface area (Å²) in [4.78, 5) is 34.3. The molecule has 34 heavy (non-hydrogen) atoms. The first-order valence-electron chi connectivity index (χ1n) is 11.7. The van der Waals surface area contributed by atoms with Gasteiger partial charge in [-0.05, 0) is 44.2 Å². The van der Waals surface area contributed by atoms with Crippen LogP contribution in [0.3, 0.4) is 0 Å². The molecule has 2 fully saturated rings. The zero-order valence-corrected chi connectivity index (χ0v) is 19.2. The fourth-order valence-corrected chi connectivity index (χ4v) is 4.72. The van der Waals surface area contributed by atoms with E-state index in [2.05, 4.69) is 22.8 Å². The molecule has 174 valence electrons. The van der Waals surface area contributed by atoms with Gasteiger partial charge in [0.25, 0.3) is 5.56 Å². The lowest BCUT2D eigenvalue weighted by Crippen LogP contribution is -2.44. The number of nitrogens with two attached hydrogens (primary N) is 1. The van der Waals surface area contributed by atoms with Crippen LogP contribution in [0.1, 0.15) is 49.8 Å². The third-order valence-electron chi connectivity index (χ3n) is 6.57. The van der Waals surface area contributed by atoms with Gasteiger partial charge in [0.2, 0.25) is 5.95 Å². The predicted molar refractivity (Wildman–Crippen MR) is 130 cm³/mol. The SMILES string of the molecule is CC#CCn1c(N2CCC[C@@H](N)C2)nc2c1c(=O)n(Cc1ccccc1C#N)c(=O)n2C1CC1. The van der Waals surface area contributed by atoms with Crippen LogP contribution < -0.4 is 21.9 Å². The molecular weight excluding hydrogens is 430 g/mol. The Balaban J connectivity index is 1.76. The number of rotatable bonds is 5. The molecule has 0 radical (unpaired) electrons. The predicted octanol–water partition coefficient (Wildman–Crippen LogP) is 1.57. The third-order valence-corrected chi connectivity index (χ3v) is 6.57. The minimum atomic E-state index is -0.414. The molecule has 1 saturated carbocycles. The number of hydrogen-bond donors (Lipinski definition) is 1. The number of nitriles is 1. The van der Waals surface area contributed by atoms with Crippen molar-refractivity contribution >= 4 is 17.1 Å². The summed E-state index contributed by atoms with van der Waals surface area (Å²) in [6, 6.07) is 9.24. The van der Waals surface area contributed by atoms with Gasteiger partial charge < -0.3 is 10.6 Å². The Morgan fingerprint density at radius 1 is 1.18 bits per heavy atom. The Morgan fingerprint density at radius 2 is 1.97 bits per heavy atom. The van der Waals surface area contributed by atoms with Gasteiger partial charge in [-0.3, -0.25) is 18.5 Å². The van der Waals surface area contributed by atoms with Gasteiger partial charge in [0.15, 0.2) is 11.2 Å². The van der Waals surface area contributed by atoms with E-state index in [0.29, 0.717) is 41.3 Å². The maximum Gasteiger partial charge on any atom is 0.333 e. The number of piperidine rings is 1. The molecule has 5 rings (SSSR count). The number of benzene rings is 1. The normalized spacial score (nSPS) is 17.9. The van der Waals surface area contributed by atoms with E-state index in [0.717, 1.165) is 32.2 Å². The summed E-state index contributed by atoms with van der Waals surface area (Å²) in [5, 5.41) is 9.50. The molecule has 0 spiro atoms. The maximum atomic E-state index is 13.8. The van der Waals surface area contributed by atoms with Crippen LogP contribution in [0.4, 0.5) is 5.95 Å². The molecule has 1 saturated heterocycles. The highest BCUT2D eigenvalue weighted by Gasteiger charge is 2.32. The van der Waals surface area contributed by atoms with Crippen molar-refractivity contribution in [2.24, 2.45) is 5.73 Å². The maximum absolute atomic E-state index is 13.8. The van der Waals surface area contributed by atoms with E-state index in [-0.39, 0.29) is 24.3 Å². The van der Waals surface area contributed by atoms with Crippen molar-refractivity contribution < 1.29 is 0 Å². The first-order valence-corrected chi connectivity index (χ1v) is 11.7. The number of fused-ring (bicyclic) bond motifs is 1. The van der Waals surface area contributed by atoms with E-state index in [4.69, 9.17) is 10.7 Å². The van der Waals surface area contributed by atoms with E-state index in [1.54, 1.807) is 35.8 Å². The van der Waals surface area contributed by atoms with Crippen molar-refractivity contribution in [1.82, 2.24) is 18.7 Å². The topological polar surface area (TPSA) is 115 Å². The zero-order chi connectivity index (χ0) is 23.8. The number of anilines is 1. The van der Waals surface area contributed by atoms with Crippen molar-refractivity contribution in [3.05, 3.63) is 56.2 Å². The van der Waals surface area contributed by atoms with Crippen LogP contribution in [-0.4, -0.2) is 37.8 Å². The Bertz CT molecular complexity index is 1470. The lowest BCUT2D eigenvalue weighted by atomic mass is 10.1. The monoisotopic (exact) mass is 457 g/mol. The second-order valence-corrected chi connectivity index (χ2v) is 8.99. The Hall–Kier alpha value is -3.82. The van der Waals surface area contributed by atoms with Crippen LogP contribution in [-0.2, 0) is 13.1 Å². The fourth-order valence-electron chi connectivity index (χ4n) is 4.72. The Labute approximate surface area is 197 Å². The van der Waals surface area contributed by atoms with Crippen LogP contribution in [0, 0.1) is 23.2 Å². The molecule has 9 nitrogen and oxygen atoms in total. The first kappa shape index (κ1) is 22.0. The van der Waals surface area contributed by atoms with E-state index in [1.165, 1.54) is 4.57 Å². The van der Waals surface area contributed by atoms with Gasteiger partial charge in [-0.15, -0.1) is 5.92 Å². The Morgan fingerprint density at radius 3 is 2.68 bits per heavy atom. The van der Waals surface area contributed by atoms with Crippen LogP contribution in [0.5, 0.6) is 0 Å². The molecule has 2 N–H and O–H groups in total. The molecule has 3 aromatic rings. The molecule has 1 atom stereocenters. The van der Waals surface area contributed by atoms with Crippen molar-refractivity contribution in [1.29, 1.82) is 5.26 Å².